The molecule has 100 valence electrons. The molecule has 0 spiro atoms. The minimum Gasteiger partial charge on any atom is -0.477 e. The van der Waals surface area contributed by atoms with Crippen LogP contribution in [0.1, 0.15) is 17.8 Å². The maximum atomic E-state index is 5.85. The van der Waals surface area contributed by atoms with Crippen LogP contribution in [0.15, 0.2) is 28.8 Å². The van der Waals surface area contributed by atoms with Crippen molar-refractivity contribution >= 4 is 5.69 Å². The summed E-state index contributed by atoms with van der Waals surface area (Å²) in [6, 6.07) is 7.78. The second kappa shape index (κ2) is 5.27. The summed E-state index contributed by atoms with van der Waals surface area (Å²) in [6.45, 7) is 1.19. The molecule has 1 aromatic heterocycles. The highest BCUT2D eigenvalue weighted by Gasteiger charge is 2.25. The van der Waals surface area contributed by atoms with Crippen LogP contribution in [0.5, 0.6) is 5.75 Å². The zero-order chi connectivity index (χ0) is 13.1. The van der Waals surface area contributed by atoms with Gasteiger partial charge in [0.1, 0.15) is 5.75 Å². The van der Waals surface area contributed by atoms with Crippen molar-refractivity contribution in [3.63, 3.8) is 0 Å². The van der Waals surface area contributed by atoms with E-state index >= 15 is 0 Å². The highest BCUT2D eigenvalue weighted by Crippen LogP contribution is 2.33. The van der Waals surface area contributed by atoms with Crippen LogP contribution >= 0.6 is 0 Å². The number of ether oxygens (including phenoxy) is 2. The van der Waals surface area contributed by atoms with Crippen LogP contribution in [0.25, 0.3) is 0 Å². The second-order valence-corrected chi connectivity index (χ2v) is 4.28. The van der Waals surface area contributed by atoms with Crippen molar-refractivity contribution in [2.24, 2.45) is 0 Å². The number of para-hydroxylation sites is 2. The Morgan fingerprint density at radius 3 is 3.21 bits per heavy atom. The Morgan fingerprint density at radius 1 is 1.42 bits per heavy atom. The Balaban J connectivity index is 1.72. The summed E-state index contributed by atoms with van der Waals surface area (Å²) in [4.78, 5) is 4.32. The van der Waals surface area contributed by atoms with Crippen molar-refractivity contribution in [2.45, 2.75) is 12.5 Å². The van der Waals surface area contributed by atoms with Crippen molar-refractivity contribution < 1.29 is 14.0 Å². The standard InChI is InChI=1S/C13H15N3O3/c1-17-7-6-12-15-13(19-16-12)11-8-14-9-4-2-3-5-10(9)18-11/h2-5,11,14H,6-8H2,1H3. The molecule has 6 nitrogen and oxygen atoms in total. The third kappa shape index (κ3) is 2.53. The average Bonchev–Trinajstić information content (AvgIpc) is 2.93. The van der Waals surface area contributed by atoms with Gasteiger partial charge in [-0.3, -0.25) is 0 Å². The van der Waals surface area contributed by atoms with E-state index in [-0.39, 0.29) is 6.10 Å². The molecule has 0 aliphatic carbocycles. The fourth-order valence-electron chi connectivity index (χ4n) is 1.94. The molecule has 0 saturated carbocycles. The van der Waals surface area contributed by atoms with Crippen molar-refractivity contribution in [2.75, 3.05) is 25.6 Å². The number of nitrogens with one attached hydrogen (secondary N) is 1. The van der Waals surface area contributed by atoms with E-state index in [0.29, 0.717) is 31.3 Å². The van der Waals surface area contributed by atoms with Gasteiger partial charge in [0, 0.05) is 13.5 Å². The first-order chi connectivity index (χ1) is 9.36. The van der Waals surface area contributed by atoms with Gasteiger partial charge in [0.15, 0.2) is 11.9 Å². The van der Waals surface area contributed by atoms with Crippen LogP contribution in [0.4, 0.5) is 5.69 Å². The van der Waals surface area contributed by atoms with Gasteiger partial charge in [-0.15, -0.1) is 0 Å². The van der Waals surface area contributed by atoms with Gasteiger partial charge in [0.2, 0.25) is 0 Å². The fraction of sp³-hybridized carbons (Fsp3) is 0.385. The number of fused-ring (bicyclic) bond motifs is 1. The van der Waals surface area contributed by atoms with Gasteiger partial charge < -0.3 is 19.3 Å². The topological polar surface area (TPSA) is 69.4 Å². The zero-order valence-electron chi connectivity index (χ0n) is 10.6. The molecule has 0 bridgehead atoms. The van der Waals surface area contributed by atoms with E-state index in [9.17, 15) is 0 Å². The lowest BCUT2D eigenvalue weighted by Crippen LogP contribution is -2.23. The Labute approximate surface area is 110 Å². The summed E-state index contributed by atoms with van der Waals surface area (Å²) >= 11 is 0. The van der Waals surface area contributed by atoms with Crippen molar-refractivity contribution in [1.82, 2.24) is 10.1 Å². The van der Waals surface area contributed by atoms with Crippen LogP contribution < -0.4 is 10.1 Å². The molecule has 6 heteroatoms. The van der Waals surface area contributed by atoms with E-state index in [1.165, 1.54) is 0 Å². The van der Waals surface area contributed by atoms with E-state index in [2.05, 4.69) is 15.5 Å². The van der Waals surface area contributed by atoms with Crippen molar-refractivity contribution in [3.05, 3.63) is 36.0 Å². The molecule has 0 saturated heterocycles. The predicted octanol–water partition coefficient (Wildman–Crippen LogP) is 1.80. The third-order valence-electron chi connectivity index (χ3n) is 2.92. The predicted molar refractivity (Wildman–Crippen MR) is 68.2 cm³/mol. The number of anilines is 1. The summed E-state index contributed by atoms with van der Waals surface area (Å²) in [6.07, 6.45) is 0.384. The maximum Gasteiger partial charge on any atom is 0.269 e. The van der Waals surface area contributed by atoms with Gasteiger partial charge in [-0.05, 0) is 12.1 Å². The second-order valence-electron chi connectivity index (χ2n) is 4.28. The first-order valence-corrected chi connectivity index (χ1v) is 6.18. The molecule has 2 heterocycles. The summed E-state index contributed by atoms with van der Waals surface area (Å²) in [5, 5.41) is 7.20. The van der Waals surface area contributed by atoms with E-state index in [1.807, 2.05) is 24.3 Å². The molecule has 0 amide bonds. The van der Waals surface area contributed by atoms with Crippen LogP contribution in [-0.4, -0.2) is 30.4 Å². The van der Waals surface area contributed by atoms with Crippen molar-refractivity contribution in [3.8, 4) is 5.75 Å². The molecular weight excluding hydrogens is 246 g/mol. The fourth-order valence-corrected chi connectivity index (χ4v) is 1.94. The van der Waals surface area contributed by atoms with Gasteiger partial charge >= 0.3 is 0 Å². The molecule has 2 aromatic rings. The summed E-state index contributed by atoms with van der Waals surface area (Å²) in [7, 11) is 1.64. The summed E-state index contributed by atoms with van der Waals surface area (Å²) in [5.74, 6) is 1.93. The summed E-state index contributed by atoms with van der Waals surface area (Å²) < 4.78 is 16.1. The smallest absolute Gasteiger partial charge is 0.269 e. The molecule has 1 atom stereocenters. The number of benzene rings is 1. The highest BCUT2D eigenvalue weighted by atomic mass is 16.5. The van der Waals surface area contributed by atoms with Gasteiger partial charge in [-0.1, -0.05) is 17.3 Å². The van der Waals surface area contributed by atoms with Gasteiger partial charge in [-0.2, -0.15) is 4.98 Å². The first kappa shape index (κ1) is 12.0. The van der Waals surface area contributed by atoms with Gasteiger partial charge in [-0.25, -0.2) is 0 Å². The third-order valence-corrected chi connectivity index (χ3v) is 2.92. The number of hydrogen-bond donors (Lipinski definition) is 1. The number of rotatable bonds is 4. The van der Waals surface area contributed by atoms with Crippen LogP contribution in [0.3, 0.4) is 0 Å². The lowest BCUT2D eigenvalue weighted by molar-refractivity contribution is 0.162. The molecule has 19 heavy (non-hydrogen) atoms. The quantitative estimate of drug-likeness (QED) is 0.905. The van der Waals surface area contributed by atoms with E-state index in [4.69, 9.17) is 14.0 Å². The van der Waals surface area contributed by atoms with Crippen molar-refractivity contribution in [1.29, 1.82) is 0 Å². The Kier molecular flexibility index (Phi) is 3.33. The van der Waals surface area contributed by atoms with E-state index in [0.717, 1.165) is 11.4 Å². The van der Waals surface area contributed by atoms with E-state index < -0.39 is 0 Å². The minimum absolute atomic E-state index is 0.251. The molecule has 1 aromatic carbocycles. The first-order valence-electron chi connectivity index (χ1n) is 6.18. The monoisotopic (exact) mass is 261 g/mol. The Morgan fingerprint density at radius 2 is 2.32 bits per heavy atom. The van der Waals surface area contributed by atoms with Crippen LogP contribution in [-0.2, 0) is 11.2 Å². The SMILES string of the molecule is COCCc1noc(C2CNc3ccccc3O2)n1. The number of aromatic nitrogens is 2. The molecule has 1 N–H and O–H groups in total. The summed E-state index contributed by atoms with van der Waals surface area (Å²) in [5.41, 5.74) is 0.984. The average molecular weight is 261 g/mol. The van der Waals surface area contributed by atoms with Crippen LogP contribution in [0.2, 0.25) is 0 Å². The number of nitrogens with zero attached hydrogens (tertiary/aromatic N) is 2. The molecule has 0 fully saturated rings. The zero-order valence-corrected chi connectivity index (χ0v) is 10.6. The Bertz CT molecular complexity index is 556. The lowest BCUT2D eigenvalue weighted by atomic mass is 10.2. The van der Waals surface area contributed by atoms with Crippen LogP contribution in [0, 0.1) is 0 Å². The molecule has 0 radical (unpaired) electrons. The minimum atomic E-state index is -0.251. The highest BCUT2D eigenvalue weighted by molar-refractivity contribution is 5.57. The number of hydrogen-bond acceptors (Lipinski definition) is 6. The normalized spacial score (nSPS) is 17.4. The molecular formula is C13H15N3O3. The lowest BCUT2D eigenvalue weighted by Gasteiger charge is -2.24. The van der Waals surface area contributed by atoms with Gasteiger partial charge in [0.05, 0.1) is 18.8 Å². The largest absolute Gasteiger partial charge is 0.477 e. The molecule has 3 rings (SSSR count). The van der Waals surface area contributed by atoms with E-state index in [1.54, 1.807) is 7.11 Å². The Hall–Kier alpha value is -2.08. The molecule has 1 unspecified atom stereocenters. The molecule has 1 aliphatic heterocycles. The van der Waals surface area contributed by atoms with Gasteiger partial charge in [0.25, 0.3) is 5.89 Å². The number of methoxy groups -OCH3 is 1. The molecule has 1 aliphatic rings. The maximum absolute atomic E-state index is 5.85.